The highest BCUT2D eigenvalue weighted by atomic mass is 16.3. The van der Waals surface area contributed by atoms with E-state index in [9.17, 15) is 0 Å². The minimum absolute atomic E-state index is 0.213. The average Bonchev–Trinajstić information content (AvgIpc) is 2.84. The molecule has 1 atom stereocenters. The highest BCUT2D eigenvalue weighted by molar-refractivity contribution is 5.09. The maximum atomic E-state index is 5.33. The van der Waals surface area contributed by atoms with Crippen LogP contribution in [0.15, 0.2) is 28.9 Å². The Hall–Kier alpha value is -1.55. The molecule has 0 aliphatic heterocycles. The summed E-state index contributed by atoms with van der Waals surface area (Å²) in [6.45, 7) is 4.88. The topological polar surface area (TPSA) is 43.0 Å². The van der Waals surface area contributed by atoms with Gasteiger partial charge < -0.3 is 9.73 Å². The van der Waals surface area contributed by atoms with Crippen molar-refractivity contribution in [1.29, 1.82) is 0 Å². The summed E-state index contributed by atoms with van der Waals surface area (Å²) in [5.41, 5.74) is 2.22. The van der Waals surface area contributed by atoms with Gasteiger partial charge in [0.05, 0.1) is 23.7 Å². The van der Waals surface area contributed by atoms with Gasteiger partial charge in [0.25, 0.3) is 0 Å². The van der Waals surface area contributed by atoms with Gasteiger partial charge in [-0.15, -0.1) is 0 Å². The molecule has 2 rings (SSSR count). The molecular formula is C12H17N3O. The molecule has 16 heavy (non-hydrogen) atoms. The van der Waals surface area contributed by atoms with Crippen molar-refractivity contribution in [2.24, 2.45) is 7.05 Å². The van der Waals surface area contributed by atoms with Crippen LogP contribution in [0.3, 0.4) is 0 Å². The van der Waals surface area contributed by atoms with E-state index in [-0.39, 0.29) is 6.04 Å². The van der Waals surface area contributed by atoms with Crippen LogP contribution >= 0.6 is 0 Å². The van der Waals surface area contributed by atoms with Gasteiger partial charge in [-0.1, -0.05) is 0 Å². The summed E-state index contributed by atoms with van der Waals surface area (Å²) in [5.74, 6) is 0.957. The van der Waals surface area contributed by atoms with Crippen molar-refractivity contribution in [2.45, 2.75) is 26.4 Å². The van der Waals surface area contributed by atoms with Gasteiger partial charge in [0, 0.05) is 13.6 Å². The van der Waals surface area contributed by atoms with Crippen molar-refractivity contribution >= 4 is 0 Å². The van der Waals surface area contributed by atoms with Gasteiger partial charge in [0.15, 0.2) is 0 Å². The Bertz CT molecular complexity index is 445. The van der Waals surface area contributed by atoms with Gasteiger partial charge in [-0.05, 0) is 32.0 Å². The van der Waals surface area contributed by atoms with E-state index in [1.54, 1.807) is 6.26 Å². The summed E-state index contributed by atoms with van der Waals surface area (Å²) >= 11 is 0. The van der Waals surface area contributed by atoms with Crippen LogP contribution in [0.2, 0.25) is 0 Å². The van der Waals surface area contributed by atoms with Gasteiger partial charge in [0.2, 0.25) is 0 Å². The van der Waals surface area contributed by atoms with Crippen molar-refractivity contribution < 1.29 is 4.42 Å². The molecule has 1 N–H and O–H groups in total. The first kappa shape index (κ1) is 11.0. The number of aromatic nitrogens is 2. The molecule has 4 nitrogen and oxygen atoms in total. The van der Waals surface area contributed by atoms with Crippen molar-refractivity contribution in [3.63, 3.8) is 0 Å². The van der Waals surface area contributed by atoms with Crippen LogP contribution in [0.25, 0.3) is 0 Å². The molecule has 0 radical (unpaired) electrons. The molecule has 0 amide bonds. The zero-order valence-corrected chi connectivity index (χ0v) is 9.90. The number of aryl methyl sites for hydroxylation is 2. The molecule has 0 saturated carbocycles. The van der Waals surface area contributed by atoms with Crippen LogP contribution in [0, 0.1) is 6.92 Å². The molecule has 2 heterocycles. The number of nitrogens with zero attached hydrogens (tertiary/aromatic N) is 2. The molecule has 0 spiro atoms. The minimum atomic E-state index is 0.213. The highest BCUT2D eigenvalue weighted by Crippen LogP contribution is 2.13. The van der Waals surface area contributed by atoms with Crippen LogP contribution in [-0.2, 0) is 13.6 Å². The zero-order chi connectivity index (χ0) is 11.5. The lowest BCUT2D eigenvalue weighted by Gasteiger charge is -2.10. The van der Waals surface area contributed by atoms with Gasteiger partial charge >= 0.3 is 0 Å². The Kier molecular flexibility index (Phi) is 3.10. The van der Waals surface area contributed by atoms with Crippen molar-refractivity contribution in [1.82, 2.24) is 15.1 Å². The second kappa shape index (κ2) is 4.53. The van der Waals surface area contributed by atoms with Crippen LogP contribution in [0.1, 0.15) is 30.1 Å². The number of hydrogen-bond acceptors (Lipinski definition) is 3. The first-order valence-electron chi connectivity index (χ1n) is 5.43. The Morgan fingerprint density at radius 2 is 2.38 bits per heavy atom. The molecule has 2 aromatic heterocycles. The smallest absolute Gasteiger partial charge is 0.120 e. The molecule has 0 bridgehead atoms. The molecule has 86 valence electrons. The van der Waals surface area contributed by atoms with Crippen LogP contribution in [0.4, 0.5) is 0 Å². The standard InChI is InChI=1S/C12H17N3O/c1-9-7-11(15(3)14-9)8-13-10(2)12-5-4-6-16-12/h4-7,10,13H,8H2,1-3H3/t10-/m0/s1. The minimum Gasteiger partial charge on any atom is -0.468 e. The van der Waals surface area contributed by atoms with Crippen molar-refractivity contribution in [3.8, 4) is 0 Å². The summed E-state index contributed by atoms with van der Waals surface area (Å²) < 4.78 is 7.23. The van der Waals surface area contributed by atoms with E-state index in [2.05, 4.69) is 23.4 Å². The van der Waals surface area contributed by atoms with Crippen molar-refractivity contribution in [3.05, 3.63) is 41.6 Å². The van der Waals surface area contributed by atoms with Gasteiger partial charge in [-0.2, -0.15) is 5.10 Å². The first-order valence-corrected chi connectivity index (χ1v) is 5.43. The lowest BCUT2D eigenvalue weighted by atomic mass is 10.2. The second-order valence-corrected chi connectivity index (χ2v) is 4.02. The average molecular weight is 219 g/mol. The fourth-order valence-electron chi connectivity index (χ4n) is 1.73. The third-order valence-corrected chi connectivity index (χ3v) is 2.66. The third kappa shape index (κ3) is 2.33. The Labute approximate surface area is 95.3 Å². The summed E-state index contributed by atoms with van der Waals surface area (Å²) in [5, 5.41) is 7.71. The maximum Gasteiger partial charge on any atom is 0.120 e. The quantitative estimate of drug-likeness (QED) is 0.857. The zero-order valence-electron chi connectivity index (χ0n) is 9.90. The molecule has 4 heteroatoms. The monoisotopic (exact) mass is 219 g/mol. The van der Waals surface area contributed by atoms with E-state index in [4.69, 9.17) is 4.42 Å². The summed E-state index contributed by atoms with van der Waals surface area (Å²) in [6, 6.07) is 6.18. The summed E-state index contributed by atoms with van der Waals surface area (Å²) in [4.78, 5) is 0. The van der Waals surface area contributed by atoms with Crippen molar-refractivity contribution in [2.75, 3.05) is 0 Å². The van der Waals surface area contributed by atoms with E-state index in [0.717, 1.165) is 18.0 Å². The third-order valence-electron chi connectivity index (χ3n) is 2.66. The fraction of sp³-hybridized carbons (Fsp3) is 0.417. The number of furan rings is 1. The predicted octanol–water partition coefficient (Wildman–Crippen LogP) is 2.17. The number of rotatable bonds is 4. The van der Waals surface area contributed by atoms with Gasteiger partial charge in [-0.3, -0.25) is 4.68 Å². The Balaban J connectivity index is 1.95. The molecule has 0 aliphatic rings. The van der Waals surface area contributed by atoms with E-state index in [1.807, 2.05) is 30.8 Å². The molecule has 0 aromatic carbocycles. The number of hydrogen-bond donors (Lipinski definition) is 1. The second-order valence-electron chi connectivity index (χ2n) is 4.02. The van der Waals surface area contributed by atoms with Gasteiger partial charge in [-0.25, -0.2) is 0 Å². The molecule has 0 fully saturated rings. The lowest BCUT2D eigenvalue weighted by molar-refractivity contribution is 0.426. The molecular weight excluding hydrogens is 202 g/mol. The normalized spacial score (nSPS) is 12.9. The molecule has 2 aromatic rings. The summed E-state index contributed by atoms with van der Waals surface area (Å²) in [7, 11) is 1.96. The summed E-state index contributed by atoms with van der Waals surface area (Å²) in [6.07, 6.45) is 1.70. The largest absolute Gasteiger partial charge is 0.468 e. The Morgan fingerprint density at radius 1 is 1.56 bits per heavy atom. The van der Waals surface area contributed by atoms with Crippen LogP contribution in [-0.4, -0.2) is 9.78 Å². The predicted molar refractivity (Wildman–Crippen MR) is 61.9 cm³/mol. The first-order chi connectivity index (χ1) is 7.66. The van der Waals surface area contributed by atoms with E-state index < -0.39 is 0 Å². The fourth-order valence-corrected chi connectivity index (χ4v) is 1.73. The highest BCUT2D eigenvalue weighted by Gasteiger charge is 2.08. The molecule has 0 saturated heterocycles. The van der Waals surface area contributed by atoms with Crippen LogP contribution < -0.4 is 5.32 Å². The van der Waals surface area contributed by atoms with Crippen LogP contribution in [0.5, 0.6) is 0 Å². The lowest BCUT2D eigenvalue weighted by Crippen LogP contribution is -2.19. The molecule has 0 aliphatic carbocycles. The van der Waals surface area contributed by atoms with E-state index in [0.29, 0.717) is 0 Å². The Morgan fingerprint density at radius 3 is 2.94 bits per heavy atom. The number of nitrogens with one attached hydrogen (secondary N) is 1. The van der Waals surface area contributed by atoms with Gasteiger partial charge in [0.1, 0.15) is 5.76 Å². The van der Waals surface area contributed by atoms with E-state index >= 15 is 0 Å². The maximum absolute atomic E-state index is 5.33. The van der Waals surface area contributed by atoms with E-state index in [1.165, 1.54) is 5.69 Å². The SMILES string of the molecule is Cc1cc(CN[C@@H](C)c2ccco2)n(C)n1. The molecule has 0 unspecified atom stereocenters.